The van der Waals surface area contributed by atoms with E-state index in [-0.39, 0.29) is 17.0 Å². The van der Waals surface area contributed by atoms with Crippen LogP contribution in [0, 0.1) is 0 Å². The summed E-state index contributed by atoms with van der Waals surface area (Å²) in [6.45, 7) is -1.58. The molecule has 3 aliphatic heterocycles. The molecule has 3 fully saturated rings. The van der Waals surface area contributed by atoms with Crippen LogP contribution in [0.15, 0.2) is 43.2 Å². The first kappa shape index (κ1) is 28.8. The van der Waals surface area contributed by atoms with Gasteiger partial charge >= 0.3 is 15.6 Å². The van der Waals surface area contributed by atoms with Crippen LogP contribution in [0.1, 0.15) is 12.5 Å². The molecule has 43 heavy (non-hydrogen) atoms. The van der Waals surface area contributed by atoms with Crippen LogP contribution in [0.3, 0.4) is 0 Å². The van der Waals surface area contributed by atoms with Gasteiger partial charge in [0.1, 0.15) is 42.4 Å². The summed E-state index contributed by atoms with van der Waals surface area (Å²) in [5, 5.41) is 11.0. The average molecular weight is 643 g/mol. The van der Waals surface area contributed by atoms with Gasteiger partial charge in [0.05, 0.1) is 36.9 Å². The summed E-state index contributed by atoms with van der Waals surface area (Å²) in [6, 6.07) is 6.90. The van der Waals surface area contributed by atoms with Gasteiger partial charge in [0.15, 0.2) is 30.1 Å². The van der Waals surface area contributed by atoms with Gasteiger partial charge in [-0.2, -0.15) is 0 Å². The second kappa shape index (κ2) is 10.6. The van der Waals surface area contributed by atoms with E-state index in [1.807, 2.05) is 0 Å². The Bertz CT molecular complexity index is 1780. The minimum Gasteiger partial charge on any atom is -0.387 e. The minimum absolute atomic E-state index is 0.0203. The summed E-state index contributed by atoms with van der Waals surface area (Å²) in [5.74, 6) is 0.0203. The lowest BCUT2D eigenvalue weighted by molar-refractivity contribution is -0.0669. The van der Waals surface area contributed by atoms with Crippen molar-refractivity contribution in [2.75, 3.05) is 18.9 Å². The Kier molecular flexibility index (Phi) is 7.11. The highest BCUT2D eigenvalue weighted by molar-refractivity contribution is 7.47. The first-order valence-corrected chi connectivity index (χ1v) is 15.8. The number of para-hydroxylation sites is 2. The number of alkyl halides is 1. The lowest BCUT2D eigenvalue weighted by Crippen LogP contribution is -2.35. The number of aliphatic hydroxyl groups excluding tert-OH is 1. The summed E-state index contributed by atoms with van der Waals surface area (Å²) >= 11 is 0. The van der Waals surface area contributed by atoms with Gasteiger partial charge in [-0.15, -0.1) is 0 Å². The number of hydrogen-bond acceptors (Lipinski definition) is 14. The molecule has 230 valence electrons. The summed E-state index contributed by atoms with van der Waals surface area (Å²) in [7, 11) is -10.1. The fraction of sp³-hybridized carbons (Fsp3) is 0.455. The van der Waals surface area contributed by atoms with Crippen molar-refractivity contribution in [2.45, 2.75) is 49.1 Å². The number of nitrogens with zero attached hydrogens (tertiary/aromatic N) is 6. The number of anilines is 1. The van der Waals surface area contributed by atoms with E-state index in [1.165, 1.54) is 21.8 Å². The molecule has 1 aromatic carbocycles. The highest BCUT2D eigenvalue weighted by atomic mass is 31.2. The number of aliphatic hydroxyl groups is 1. The molecule has 0 spiro atoms. The fourth-order valence-electron chi connectivity index (χ4n) is 5.31. The third-order valence-electron chi connectivity index (χ3n) is 7.31. The molecule has 6 heterocycles. The normalized spacial score (nSPS) is 38.9. The topological polar surface area (TPSA) is 238 Å². The van der Waals surface area contributed by atoms with Gasteiger partial charge in [-0.3, -0.25) is 22.7 Å². The predicted octanol–water partition coefficient (Wildman–Crippen LogP) is 0.970. The van der Waals surface area contributed by atoms with Crippen LogP contribution in [-0.4, -0.2) is 93.9 Å². The van der Waals surface area contributed by atoms with E-state index in [0.717, 1.165) is 6.33 Å². The van der Waals surface area contributed by atoms with Gasteiger partial charge in [-0.25, -0.2) is 33.5 Å². The van der Waals surface area contributed by atoms with Crippen molar-refractivity contribution in [1.29, 1.82) is 0 Å². The molecule has 0 radical (unpaired) electrons. The summed E-state index contributed by atoms with van der Waals surface area (Å²) in [6.07, 6.45) is -9.15. The van der Waals surface area contributed by atoms with Crippen molar-refractivity contribution >= 4 is 43.7 Å². The molecule has 4 aromatic rings. The van der Waals surface area contributed by atoms with Gasteiger partial charge in [0.25, 0.3) is 0 Å². The van der Waals surface area contributed by atoms with E-state index in [0.29, 0.717) is 11.0 Å². The number of phosphoric acid groups is 2. The van der Waals surface area contributed by atoms with Gasteiger partial charge in [0, 0.05) is 0 Å². The predicted molar refractivity (Wildman–Crippen MR) is 139 cm³/mol. The first-order chi connectivity index (χ1) is 20.5. The molecule has 0 aliphatic carbocycles. The number of imidazole rings is 2. The third kappa shape index (κ3) is 5.15. The lowest BCUT2D eigenvalue weighted by atomic mass is 10.1. The molecule has 4 unspecified atom stereocenters. The Morgan fingerprint density at radius 3 is 2.35 bits per heavy atom. The van der Waals surface area contributed by atoms with Crippen LogP contribution in [-0.2, 0) is 36.7 Å². The van der Waals surface area contributed by atoms with Gasteiger partial charge in [-0.1, -0.05) is 12.1 Å². The maximum absolute atomic E-state index is 15.9. The number of phosphoric ester groups is 2. The van der Waals surface area contributed by atoms with E-state index in [4.69, 9.17) is 33.3 Å². The van der Waals surface area contributed by atoms with Crippen LogP contribution in [0.5, 0.6) is 0 Å². The maximum Gasteiger partial charge on any atom is 0.472 e. The van der Waals surface area contributed by atoms with Gasteiger partial charge in [0.2, 0.25) is 0 Å². The number of halogens is 1. The second-order valence-electron chi connectivity index (χ2n) is 9.96. The van der Waals surface area contributed by atoms with Crippen LogP contribution in [0.2, 0.25) is 0 Å². The molecule has 5 N–H and O–H groups in total. The number of ether oxygens (including phenoxy) is 2. The monoisotopic (exact) mass is 643 g/mol. The van der Waals surface area contributed by atoms with Crippen LogP contribution in [0.4, 0.5) is 10.2 Å². The fourth-order valence-corrected chi connectivity index (χ4v) is 7.20. The number of hydrogen-bond donors (Lipinski definition) is 4. The zero-order valence-electron chi connectivity index (χ0n) is 21.7. The molecule has 0 saturated carbocycles. The molecule has 18 nitrogen and oxygen atoms in total. The lowest BCUT2D eigenvalue weighted by Gasteiger charge is -2.25. The largest absolute Gasteiger partial charge is 0.472 e. The number of aromatic nitrogens is 6. The smallest absolute Gasteiger partial charge is 0.387 e. The number of nitrogen functional groups attached to an aromatic ring is 1. The SMILES string of the molecule is Nc1ncnc2c1ncn2[C@@H]1O[C@@H]2COP(=O)(O)OC3[C@@H](O)[C@@H](COP(=O)(O)OC2[C@@H]1F)O[C@H]3n1cnc2ccccc21. The zero-order valence-corrected chi connectivity index (χ0v) is 23.5. The number of benzene rings is 1. The molecular weight excluding hydrogens is 619 g/mol. The summed E-state index contributed by atoms with van der Waals surface area (Å²) in [5.41, 5.74) is 7.16. The Labute approximate surface area is 240 Å². The van der Waals surface area contributed by atoms with E-state index >= 15 is 4.39 Å². The Hall–Kier alpha value is -2.93. The molecule has 21 heteroatoms. The highest BCUT2D eigenvalue weighted by Gasteiger charge is 2.54. The standard InChI is InChI=1S/C22H24FN7O11P2/c23-14-17-13(39-21(14)30-9-28-15-19(24)25-7-26-20(15)30)6-37-43(34,35)41-18-16(31)12(5-36-42(32,33)40-17)38-22(18)29-8-27-10-3-1-2-4-11(10)29/h1-4,7-9,12-14,16-18,21-22,31H,5-6H2,(H,32,33)(H,34,35)(H2,24,25,26)/t12-,13-,14+,16+,17?,18?,21-,22-/m1/s1. The maximum atomic E-state index is 15.9. The molecule has 2 bridgehead atoms. The Morgan fingerprint density at radius 1 is 0.884 bits per heavy atom. The average Bonchev–Trinajstić information content (AvgIpc) is 3.72. The summed E-state index contributed by atoms with van der Waals surface area (Å²) in [4.78, 5) is 37.4. The Morgan fingerprint density at radius 2 is 1.56 bits per heavy atom. The van der Waals surface area contributed by atoms with Crippen molar-refractivity contribution < 1.29 is 56.0 Å². The van der Waals surface area contributed by atoms with E-state index in [2.05, 4.69) is 19.9 Å². The number of fused-ring (bicyclic) bond motifs is 5. The van der Waals surface area contributed by atoms with Gasteiger partial charge < -0.3 is 34.7 Å². The van der Waals surface area contributed by atoms with Gasteiger partial charge in [-0.05, 0) is 12.1 Å². The molecular formula is C22H24FN7O11P2. The Balaban J connectivity index is 1.20. The van der Waals surface area contributed by atoms with E-state index in [1.54, 1.807) is 24.3 Å². The van der Waals surface area contributed by atoms with Crippen LogP contribution < -0.4 is 5.73 Å². The molecule has 10 atom stereocenters. The van der Waals surface area contributed by atoms with Crippen molar-refractivity contribution in [1.82, 2.24) is 29.1 Å². The molecule has 3 saturated heterocycles. The van der Waals surface area contributed by atoms with E-state index < -0.39 is 78.0 Å². The highest BCUT2D eigenvalue weighted by Crippen LogP contribution is 2.54. The number of nitrogens with two attached hydrogens (primary N) is 1. The quantitative estimate of drug-likeness (QED) is 0.223. The van der Waals surface area contributed by atoms with Crippen molar-refractivity contribution in [3.63, 3.8) is 0 Å². The summed E-state index contributed by atoms with van der Waals surface area (Å²) < 4.78 is 77.0. The van der Waals surface area contributed by atoms with Crippen LogP contribution >= 0.6 is 15.6 Å². The number of rotatable bonds is 2. The van der Waals surface area contributed by atoms with Crippen molar-refractivity contribution in [2.24, 2.45) is 0 Å². The molecule has 3 aromatic heterocycles. The van der Waals surface area contributed by atoms with Crippen molar-refractivity contribution in [3.8, 4) is 0 Å². The molecule has 7 rings (SSSR count). The van der Waals surface area contributed by atoms with Crippen LogP contribution in [0.25, 0.3) is 22.2 Å². The molecule has 0 amide bonds. The zero-order chi connectivity index (χ0) is 30.1. The van der Waals surface area contributed by atoms with E-state index in [9.17, 15) is 24.0 Å². The van der Waals surface area contributed by atoms with Crippen molar-refractivity contribution in [3.05, 3.63) is 43.2 Å². The third-order valence-corrected chi connectivity index (χ3v) is 9.28. The molecule has 3 aliphatic rings. The minimum atomic E-state index is -5.06. The second-order valence-corrected chi connectivity index (χ2v) is 12.8. The first-order valence-electron chi connectivity index (χ1n) is 12.8.